The van der Waals surface area contributed by atoms with Gasteiger partial charge in [-0.25, -0.2) is 8.42 Å². The number of esters is 1. The van der Waals surface area contributed by atoms with Crippen molar-refractivity contribution in [2.45, 2.75) is 51.4 Å². The standard InChI is InChI=1S/C19H29NO5S/c21-17(10-25-18(22)6-13-1-2-26(23,24)11-13)20-12-19-7-14-3-15(8-19)5-16(4-14)9-19/h13-16H,1-12H2,(H,20,21)/t13-,14?,15?,16?,19?/m0/s1. The average Bonchev–Trinajstić information content (AvgIpc) is 2.88. The van der Waals surface area contributed by atoms with Crippen molar-refractivity contribution in [3.8, 4) is 0 Å². The molecule has 146 valence electrons. The maximum Gasteiger partial charge on any atom is 0.306 e. The number of carbonyl (C=O) groups excluding carboxylic acids is 2. The van der Waals surface area contributed by atoms with Crippen LogP contribution in [0.15, 0.2) is 0 Å². The second-order valence-electron chi connectivity index (χ2n) is 9.33. The zero-order valence-corrected chi connectivity index (χ0v) is 16.1. The first-order valence-corrected chi connectivity index (χ1v) is 11.8. The summed E-state index contributed by atoms with van der Waals surface area (Å²) < 4.78 is 27.9. The lowest BCUT2D eigenvalue weighted by Crippen LogP contribution is -2.51. The van der Waals surface area contributed by atoms with Crippen molar-refractivity contribution in [3.63, 3.8) is 0 Å². The van der Waals surface area contributed by atoms with Crippen molar-refractivity contribution in [1.29, 1.82) is 0 Å². The summed E-state index contributed by atoms with van der Waals surface area (Å²) in [6.45, 7) is 0.443. The van der Waals surface area contributed by atoms with Crippen LogP contribution < -0.4 is 5.32 Å². The summed E-state index contributed by atoms with van der Waals surface area (Å²) in [4.78, 5) is 23.9. The molecule has 0 aromatic rings. The van der Waals surface area contributed by atoms with Gasteiger partial charge in [0, 0.05) is 13.0 Å². The third kappa shape index (κ3) is 4.07. The van der Waals surface area contributed by atoms with Crippen molar-refractivity contribution < 1.29 is 22.7 Å². The number of sulfone groups is 1. The first-order valence-electron chi connectivity index (χ1n) is 9.94. The molecule has 0 unspecified atom stereocenters. The van der Waals surface area contributed by atoms with Crippen molar-refractivity contribution >= 4 is 21.7 Å². The number of nitrogens with one attached hydrogen (secondary N) is 1. The lowest BCUT2D eigenvalue weighted by Gasteiger charge is -2.56. The lowest BCUT2D eigenvalue weighted by atomic mass is 9.49. The molecule has 4 bridgehead atoms. The van der Waals surface area contributed by atoms with E-state index in [1.807, 2.05) is 0 Å². The normalized spacial score (nSPS) is 39.7. The smallest absolute Gasteiger partial charge is 0.306 e. The molecule has 1 N–H and O–H groups in total. The Labute approximate surface area is 155 Å². The molecule has 6 nitrogen and oxygen atoms in total. The van der Waals surface area contributed by atoms with Gasteiger partial charge in [0.2, 0.25) is 0 Å². The van der Waals surface area contributed by atoms with Crippen LogP contribution in [0.3, 0.4) is 0 Å². The number of hydrogen-bond donors (Lipinski definition) is 1. The third-order valence-electron chi connectivity index (χ3n) is 6.97. The molecule has 0 aromatic carbocycles. The van der Waals surface area contributed by atoms with Crippen LogP contribution in [0, 0.1) is 29.1 Å². The fourth-order valence-electron chi connectivity index (χ4n) is 6.32. The maximum absolute atomic E-state index is 12.1. The van der Waals surface area contributed by atoms with Gasteiger partial charge in [0.1, 0.15) is 0 Å². The molecule has 0 radical (unpaired) electrons. The quantitative estimate of drug-likeness (QED) is 0.705. The van der Waals surface area contributed by atoms with Gasteiger partial charge in [0.05, 0.1) is 11.5 Å². The number of rotatable bonds is 6. The average molecular weight is 384 g/mol. The Kier molecular flexibility index (Phi) is 4.78. The van der Waals surface area contributed by atoms with E-state index in [-0.39, 0.29) is 41.8 Å². The van der Waals surface area contributed by atoms with E-state index in [1.54, 1.807) is 0 Å². The Bertz CT molecular complexity index is 651. The van der Waals surface area contributed by atoms with E-state index in [2.05, 4.69) is 5.32 Å². The zero-order chi connectivity index (χ0) is 18.4. The summed E-state index contributed by atoms with van der Waals surface area (Å²) in [5.74, 6) is 1.86. The fraction of sp³-hybridized carbons (Fsp3) is 0.895. The highest BCUT2D eigenvalue weighted by atomic mass is 32.2. The molecule has 4 aliphatic carbocycles. The Morgan fingerprint density at radius 1 is 1.04 bits per heavy atom. The van der Waals surface area contributed by atoms with Crippen LogP contribution in [0.4, 0.5) is 0 Å². The predicted molar refractivity (Wildman–Crippen MR) is 96.0 cm³/mol. The van der Waals surface area contributed by atoms with Gasteiger partial charge in [-0.05, 0) is 74.0 Å². The molecule has 5 fully saturated rings. The third-order valence-corrected chi connectivity index (χ3v) is 8.81. The lowest BCUT2D eigenvalue weighted by molar-refractivity contribution is -0.149. The van der Waals surface area contributed by atoms with Crippen LogP contribution >= 0.6 is 0 Å². The predicted octanol–water partition coefficient (Wildman–Crippen LogP) is 1.69. The first-order chi connectivity index (χ1) is 12.3. The summed E-state index contributed by atoms with van der Waals surface area (Å²) in [5.41, 5.74) is 0.270. The van der Waals surface area contributed by atoms with E-state index in [0.717, 1.165) is 17.8 Å². The molecule has 1 saturated heterocycles. The van der Waals surface area contributed by atoms with Gasteiger partial charge in [0.25, 0.3) is 5.91 Å². The molecule has 1 amide bonds. The van der Waals surface area contributed by atoms with Crippen LogP contribution in [0.2, 0.25) is 0 Å². The van der Waals surface area contributed by atoms with Crippen LogP contribution in [0.25, 0.3) is 0 Å². The molecule has 7 heteroatoms. The minimum absolute atomic E-state index is 0.0559. The van der Waals surface area contributed by atoms with E-state index in [0.29, 0.717) is 13.0 Å². The number of carbonyl (C=O) groups is 2. The molecule has 4 saturated carbocycles. The number of amides is 1. The Balaban J connectivity index is 1.18. The fourth-order valence-corrected chi connectivity index (χ4v) is 8.18. The van der Waals surface area contributed by atoms with E-state index in [4.69, 9.17) is 4.74 Å². The largest absolute Gasteiger partial charge is 0.456 e. The van der Waals surface area contributed by atoms with Crippen molar-refractivity contribution in [2.24, 2.45) is 29.1 Å². The Hall–Kier alpha value is -1.11. The minimum Gasteiger partial charge on any atom is -0.456 e. The summed E-state index contributed by atoms with van der Waals surface area (Å²) in [6, 6.07) is 0. The molecule has 0 aromatic heterocycles. The molecule has 5 rings (SSSR count). The summed E-state index contributed by atoms with van der Waals surface area (Å²) in [6.07, 6.45) is 8.42. The van der Waals surface area contributed by atoms with E-state index < -0.39 is 15.8 Å². The van der Waals surface area contributed by atoms with Gasteiger partial charge >= 0.3 is 5.97 Å². The van der Waals surface area contributed by atoms with Gasteiger partial charge in [-0.2, -0.15) is 0 Å². The highest BCUT2D eigenvalue weighted by Crippen LogP contribution is 2.59. The highest BCUT2D eigenvalue weighted by Gasteiger charge is 2.50. The molecular weight excluding hydrogens is 354 g/mol. The van der Waals surface area contributed by atoms with Crippen LogP contribution in [-0.2, 0) is 24.2 Å². The second kappa shape index (κ2) is 6.80. The van der Waals surface area contributed by atoms with Gasteiger partial charge < -0.3 is 10.1 Å². The van der Waals surface area contributed by atoms with Gasteiger partial charge in [-0.1, -0.05) is 0 Å². The van der Waals surface area contributed by atoms with Crippen molar-refractivity contribution in [2.75, 3.05) is 24.7 Å². The second-order valence-corrected chi connectivity index (χ2v) is 11.6. The first kappa shape index (κ1) is 18.3. The van der Waals surface area contributed by atoms with Crippen LogP contribution in [0.5, 0.6) is 0 Å². The molecule has 1 heterocycles. The van der Waals surface area contributed by atoms with Crippen molar-refractivity contribution in [3.05, 3.63) is 0 Å². The van der Waals surface area contributed by atoms with Gasteiger partial charge in [0.15, 0.2) is 16.4 Å². The zero-order valence-electron chi connectivity index (χ0n) is 15.2. The van der Waals surface area contributed by atoms with E-state index >= 15 is 0 Å². The minimum atomic E-state index is -2.99. The van der Waals surface area contributed by atoms with Gasteiger partial charge in [-0.15, -0.1) is 0 Å². The molecule has 0 spiro atoms. The monoisotopic (exact) mass is 383 g/mol. The number of hydrogen-bond acceptors (Lipinski definition) is 5. The Morgan fingerprint density at radius 3 is 2.19 bits per heavy atom. The summed E-state index contributed by atoms with van der Waals surface area (Å²) in [5, 5.41) is 2.99. The molecular formula is C19H29NO5S. The van der Waals surface area contributed by atoms with Gasteiger partial charge in [-0.3, -0.25) is 9.59 Å². The number of ether oxygens (including phenoxy) is 1. The highest BCUT2D eigenvalue weighted by molar-refractivity contribution is 7.91. The van der Waals surface area contributed by atoms with E-state index in [9.17, 15) is 18.0 Å². The molecule has 1 aliphatic heterocycles. The Morgan fingerprint density at radius 2 is 1.65 bits per heavy atom. The SMILES string of the molecule is O=C(COC(=O)C[C@@H]1CCS(=O)(=O)C1)NCC12CC3CC(CC(C3)C1)C2. The molecule has 26 heavy (non-hydrogen) atoms. The van der Waals surface area contributed by atoms with Crippen molar-refractivity contribution in [1.82, 2.24) is 5.32 Å². The maximum atomic E-state index is 12.1. The summed E-state index contributed by atoms with van der Waals surface area (Å²) in [7, 11) is -2.99. The topological polar surface area (TPSA) is 89.5 Å². The van der Waals surface area contributed by atoms with Crippen LogP contribution in [0.1, 0.15) is 51.4 Å². The van der Waals surface area contributed by atoms with Crippen LogP contribution in [-0.4, -0.2) is 45.0 Å². The summed E-state index contributed by atoms with van der Waals surface area (Å²) >= 11 is 0. The van der Waals surface area contributed by atoms with E-state index in [1.165, 1.54) is 38.5 Å². The molecule has 5 aliphatic rings. The molecule has 1 atom stereocenters.